The van der Waals surface area contributed by atoms with Crippen molar-refractivity contribution in [2.75, 3.05) is 5.32 Å². The number of rotatable bonds is 9. The van der Waals surface area contributed by atoms with E-state index in [1.807, 2.05) is 66.7 Å². The van der Waals surface area contributed by atoms with Gasteiger partial charge in [0.2, 0.25) is 16.0 Å². The van der Waals surface area contributed by atoms with Gasteiger partial charge in [-0.1, -0.05) is 72.8 Å². The van der Waals surface area contributed by atoms with Crippen molar-refractivity contribution in [3.63, 3.8) is 0 Å². The van der Waals surface area contributed by atoms with Crippen molar-refractivity contribution < 1.29 is 8.42 Å². The molecule has 0 amide bonds. The van der Waals surface area contributed by atoms with Gasteiger partial charge >= 0.3 is 0 Å². The van der Waals surface area contributed by atoms with Crippen LogP contribution in [0.4, 0.5) is 5.95 Å². The molecule has 0 bridgehead atoms. The molecule has 0 aliphatic rings. The normalized spacial score (nSPS) is 11.4. The zero-order valence-corrected chi connectivity index (χ0v) is 18.3. The van der Waals surface area contributed by atoms with E-state index in [4.69, 9.17) is 0 Å². The Balaban J connectivity index is 1.59. The lowest BCUT2D eigenvalue weighted by Crippen LogP contribution is -2.30. The molecule has 4 rings (SSSR count). The predicted octanol–water partition coefficient (Wildman–Crippen LogP) is 4.48. The van der Waals surface area contributed by atoms with E-state index in [0.717, 1.165) is 16.7 Å². The van der Waals surface area contributed by atoms with Crippen LogP contribution in [-0.4, -0.2) is 22.7 Å². The van der Waals surface area contributed by atoms with E-state index in [2.05, 4.69) is 15.3 Å². The SMILES string of the molecule is O=S(=O)(c1cccc(CNc2ncccn2)c1)N(Cc1ccccc1)Cc1ccccc1. The number of hydrogen-bond acceptors (Lipinski definition) is 5. The quantitative estimate of drug-likeness (QED) is 0.412. The Morgan fingerprint density at radius 1 is 0.688 bits per heavy atom. The topological polar surface area (TPSA) is 75.2 Å². The molecule has 0 unspecified atom stereocenters. The van der Waals surface area contributed by atoms with Crippen molar-refractivity contribution in [1.82, 2.24) is 14.3 Å². The zero-order valence-electron chi connectivity index (χ0n) is 17.5. The Bertz CT molecular complexity index is 1190. The van der Waals surface area contributed by atoms with Crippen LogP contribution in [0, 0.1) is 0 Å². The van der Waals surface area contributed by atoms with Crippen molar-refractivity contribution in [2.24, 2.45) is 0 Å². The van der Waals surface area contributed by atoms with Crippen molar-refractivity contribution in [2.45, 2.75) is 24.5 Å². The van der Waals surface area contributed by atoms with E-state index in [1.54, 1.807) is 36.7 Å². The molecule has 162 valence electrons. The number of aromatic nitrogens is 2. The molecular formula is C25H24N4O2S. The summed E-state index contributed by atoms with van der Waals surface area (Å²) in [5, 5.41) is 3.12. The predicted molar refractivity (Wildman–Crippen MR) is 125 cm³/mol. The van der Waals surface area contributed by atoms with Gasteiger partial charge in [-0.25, -0.2) is 18.4 Å². The number of hydrogen-bond donors (Lipinski definition) is 1. The van der Waals surface area contributed by atoms with E-state index < -0.39 is 10.0 Å². The summed E-state index contributed by atoms with van der Waals surface area (Å²) in [4.78, 5) is 8.54. The Morgan fingerprint density at radius 3 is 1.84 bits per heavy atom. The van der Waals surface area contributed by atoms with Gasteiger partial charge in [-0.15, -0.1) is 0 Å². The van der Waals surface area contributed by atoms with Crippen molar-refractivity contribution in [3.05, 3.63) is 120 Å². The molecule has 7 heteroatoms. The van der Waals surface area contributed by atoms with Crippen molar-refractivity contribution >= 4 is 16.0 Å². The molecule has 32 heavy (non-hydrogen) atoms. The molecule has 0 aliphatic heterocycles. The van der Waals surface area contributed by atoms with Crippen LogP contribution in [0.3, 0.4) is 0 Å². The number of anilines is 1. The second kappa shape index (κ2) is 10.2. The van der Waals surface area contributed by atoms with Crippen LogP contribution in [-0.2, 0) is 29.7 Å². The van der Waals surface area contributed by atoms with Crippen LogP contribution in [0.1, 0.15) is 16.7 Å². The summed E-state index contributed by atoms with van der Waals surface area (Å²) in [7, 11) is -3.73. The van der Waals surface area contributed by atoms with Gasteiger partial charge in [-0.3, -0.25) is 0 Å². The molecule has 1 N–H and O–H groups in total. The fourth-order valence-corrected chi connectivity index (χ4v) is 4.82. The minimum atomic E-state index is -3.73. The number of nitrogens with one attached hydrogen (secondary N) is 1. The summed E-state index contributed by atoms with van der Waals surface area (Å²) < 4.78 is 28.8. The standard InChI is InChI=1S/C25H24N4O2S/c30-32(31,24-14-7-13-23(17-24)18-28-25-26-15-8-16-27-25)29(19-21-9-3-1-4-10-21)20-22-11-5-2-6-12-22/h1-17H,18-20H2,(H,26,27,28). The minimum Gasteiger partial charge on any atom is -0.350 e. The Labute approximate surface area is 188 Å². The van der Waals surface area contributed by atoms with E-state index in [1.165, 1.54) is 4.31 Å². The number of sulfonamides is 1. The maximum atomic E-state index is 13.6. The first-order valence-electron chi connectivity index (χ1n) is 10.3. The average Bonchev–Trinajstić information content (AvgIpc) is 2.84. The lowest BCUT2D eigenvalue weighted by molar-refractivity contribution is 0.401. The van der Waals surface area contributed by atoms with Crippen molar-refractivity contribution in [1.29, 1.82) is 0 Å². The summed E-state index contributed by atoms with van der Waals surface area (Å²) in [5.74, 6) is 0.496. The molecule has 4 aromatic rings. The van der Waals surface area contributed by atoms with Crippen LogP contribution >= 0.6 is 0 Å². The molecule has 1 aromatic heterocycles. The summed E-state index contributed by atoms with van der Waals surface area (Å²) in [5.41, 5.74) is 2.70. The van der Waals surface area contributed by atoms with Crippen LogP contribution in [0.15, 0.2) is 108 Å². The Morgan fingerprint density at radius 2 is 1.25 bits per heavy atom. The van der Waals surface area contributed by atoms with Gasteiger partial charge in [0.15, 0.2) is 0 Å². The maximum Gasteiger partial charge on any atom is 0.243 e. The smallest absolute Gasteiger partial charge is 0.243 e. The molecule has 0 atom stereocenters. The first-order chi connectivity index (χ1) is 15.6. The lowest BCUT2D eigenvalue weighted by Gasteiger charge is -2.23. The molecule has 3 aromatic carbocycles. The van der Waals surface area contributed by atoms with Gasteiger partial charge in [-0.05, 0) is 34.9 Å². The third kappa shape index (κ3) is 5.57. The summed E-state index contributed by atoms with van der Waals surface area (Å²) in [6, 6.07) is 28.0. The molecule has 0 saturated carbocycles. The van der Waals surface area contributed by atoms with Crippen LogP contribution < -0.4 is 5.32 Å². The fraction of sp³-hybridized carbons (Fsp3) is 0.120. The lowest BCUT2D eigenvalue weighted by atomic mass is 10.2. The second-order valence-electron chi connectivity index (χ2n) is 7.32. The highest BCUT2D eigenvalue weighted by atomic mass is 32.2. The van der Waals surface area contributed by atoms with E-state index in [0.29, 0.717) is 25.6 Å². The molecule has 0 spiro atoms. The van der Waals surface area contributed by atoms with E-state index in [-0.39, 0.29) is 4.90 Å². The van der Waals surface area contributed by atoms with Gasteiger partial charge in [0.1, 0.15) is 0 Å². The van der Waals surface area contributed by atoms with Crippen LogP contribution in [0.2, 0.25) is 0 Å². The van der Waals surface area contributed by atoms with Gasteiger partial charge in [0.25, 0.3) is 0 Å². The first kappa shape index (κ1) is 21.7. The minimum absolute atomic E-state index is 0.262. The van der Waals surface area contributed by atoms with E-state index in [9.17, 15) is 8.42 Å². The highest BCUT2D eigenvalue weighted by molar-refractivity contribution is 7.89. The third-order valence-electron chi connectivity index (χ3n) is 4.96. The molecule has 0 radical (unpaired) electrons. The Hall–Kier alpha value is -3.55. The molecule has 0 saturated heterocycles. The number of nitrogens with zero attached hydrogens (tertiary/aromatic N) is 3. The van der Waals surface area contributed by atoms with Gasteiger partial charge in [0.05, 0.1) is 4.90 Å². The van der Waals surface area contributed by atoms with Crippen LogP contribution in [0.25, 0.3) is 0 Å². The molecular weight excluding hydrogens is 420 g/mol. The average molecular weight is 445 g/mol. The molecule has 1 heterocycles. The first-order valence-corrected chi connectivity index (χ1v) is 11.7. The molecule has 6 nitrogen and oxygen atoms in total. The Kier molecular flexibility index (Phi) is 6.89. The van der Waals surface area contributed by atoms with Gasteiger partial charge < -0.3 is 5.32 Å². The monoisotopic (exact) mass is 444 g/mol. The summed E-state index contributed by atoms with van der Waals surface area (Å²) in [6.07, 6.45) is 3.31. The summed E-state index contributed by atoms with van der Waals surface area (Å²) >= 11 is 0. The summed E-state index contributed by atoms with van der Waals surface area (Å²) in [6.45, 7) is 1.00. The van der Waals surface area contributed by atoms with Crippen LogP contribution in [0.5, 0.6) is 0 Å². The number of benzene rings is 3. The van der Waals surface area contributed by atoms with Gasteiger partial charge in [-0.2, -0.15) is 4.31 Å². The third-order valence-corrected chi connectivity index (χ3v) is 6.74. The van der Waals surface area contributed by atoms with Crippen molar-refractivity contribution in [3.8, 4) is 0 Å². The molecule has 0 aliphatic carbocycles. The fourth-order valence-electron chi connectivity index (χ4n) is 3.34. The maximum absolute atomic E-state index is 13.6. The zero-order chi connectivity index (χ0) is 22.2. The highest BCUT2D eigenvalue weighted by Crippen LogP contribution is 2.22. The van der Waals surface area contributed by atoms with Gasteiger partial charge in [0, 0.05) is 32.0 Å². The molecule has 0 fully saturated rings. The largest absolute Gasteiger partial charge is 0.350 e. The highest BCUT2D eigenvalue weighted by Gasteiger charge is 2.25. The van der Waals surface area contributed by atoms with E-state index >= 15 is 0 Å². The second-order valence-corrected chi connectivity index (χ2v) is 9.26.